The van der Waals surface area contributed by atoms with E-state index in [0.29, 0.717) is 18.5 Å². The summed E-state index contributed by atoms with van der Waals surface area (Å²) in [4.78, 5) is 4.23. The molecule has 0 aliphatic carbocycles. The molecule has 0 bridgehead atoms. The van der Waals surface area contributed by atoms with Gasteiger partial charge in [-0.1, -0.05) is 0 Å². The van der Waals surface area contributed by atoms with E-state index in [0.717, 1.165) is 11.4 Å². The molecule has 0 radical (unpaired) electrons. The van der Waals surface area contributed by atoms with Crippen LogP contribution < -0.4 is 11.1 Å². The summed E-state index contributed by atoms with van der Waals surface area (Å²) in [5.74, 6) is 0.476. The number of nitrogens with two attached hydrogens (primary N) is 1. The first-order chi connectivity index (χ1) is 6.99. The van der Waals surface area contributed by atoms with Crippen LogP contribution >= 0.6 is 0 Å². The number of guanidine groups is 1. The first kappa shape index (κ1) is 11.6. The molecular weight excluding hydrogens is 190 g/mol. The molecule has 1 heterocycles. The van der Waals surface area contributed by atoms with E-state index >= 15 is 0 Å². The molecule has 84 valence electrons. The zero-order valence-corrected chi connectivity index (χ0v) is 9.78. The lowest BCUT2D eigenvalue weighted by Crippen LogP contribution is -2.36. The van der Waals surface area contributed by atoms with Crippen LogP contribution in [-0.2, 0) is 13.6 Å². The fraction of sp³-hybridized carbons (Fsp3) is 0.600. The van der Waals surface area contributed by atoms with Gasteiger partial charge in [0.1, 0.15) is 0 Å². The average molecular weight is 209 g/mol. The Bertz CT molecular complexity index is 351. The topological polar surface area (TPSA) is 68.2 Å². The smallest absolute Gasteiger partial charge is 0.189 e. The molecule has 0 saturated heterocycles. The number of rotatable bonds is 3. The second-order valence-electron chi connectivity index (χ2n) is 3.90. The van der Waals surface area contributed by atoms with Gasteiger partial charge in [0, 0.05) is 13.1 Å². The predicted molar refractivity (Wildman–Crippen MR) is 61.5 cm³/mol. The Morgan fingerprint density at radius 3 is 2.80 bits per heavy atom. The fourth-order valence-corrected chi connectivity index (χ4v) is 1.32. The summed E-state index contributed by atoms with van der Waals surface area (Å²) >= 11 is 0. The van der Waals surface area contributed by atoms with Crippen molar-refractivity contribution >= 4 is 5.96 Å². The molecular formula is C10H19N5. The van der Waals surface area contributed by atoms with Crippen LogP contribution in [0.4, 0.5) is 0 Å². The zero-order valence-electron chi connectivity index (χ0n) is 9.78. The van der Waals surface area contributed by atoms with Crippen molar-refractivity contribution in [1.29, 1.82) is 0 Å². The van der Waals surface area contributed by atoms with Crippen LogP contribution in [0.3, 0.4) is 0 Å². The Balaban J connectivity index is 2.59. The molecule has 0 saturated carbocycles. The Kier molecular flexibility index (Phi) is 3.71. The molecule has 0 atom stereocenters. The summed E-state index contributed by atoms with van der Waals surface area (Å²) in [5, 5.41) is 7.27. The van der Waals surface area contributed by atoms with Crippen molar-refractivity contribution in [2.75, 3.05) is 0 Å². The monoisotopic (exact) mass is 209 g/mol. The Hall–Kier alpha value is -1.52. The molecule has 0 amide bonds. The van der Waals surface area contributed by atoms with E-state index < -0.39 is 0 Å². The van der Waals surface area contributed by atoms with Crippen molar-refractivity contribution < 1.29 is 0 Å². The first-order valence-electron chi connectivity index (χ1n) is 5.05. The maximum Gasteiger partial charge on any atom is 0.189 e. The first-order valence-corrected chi connectivity index (χ1v) is 5.05. The Morgan fingerprint density at radius 1 is 1.67 bits per heavy atom. The van der Waals surface area contributed by atoms with Crippen LogP contribution in [0.5, 0.6) is 0 Å². The molecule has 5 heteroatoms. The minimum absolute atomic E-state index is 0.307. The standard InChI is InChI=1S/C10H19N5/c1-7(2)13-10(11)12-6-9-5-8(3)14-15(9)4/h5,7H,6H2,1-4H3,(H3,11,12,13). The van der Waals surface area contributed by atoms with E-state index in [1.807, 2.05) is 38.6 Å². The van der Waals surface area contributed by atoms with Gasteiger partial charge in [0.05, 0.1) is 17.9 Å². The van der Waals surface area contributed by atoms with Crippen LogP contribution in [0.25, 0.3) is 0 Å². The third-order valence-electron chi connectivity index (χ3n) is 1.95. The van der Waals surface area contributed by atoms with Crippen LogP contribution in [0, 0.1) is 6.92 Å². The maximum atomic E-state index is 5.69. The number of nitrogens with one attached hydrogen (secondary N) is 1. The van der Waals surface area contributed by atoms with Crippen molar-refractivity contribution in [2.45, 2.75) is 33.4 Å². The van der Waals surface area contributed by atoms with Crippen LogP contribution in [0.1, 0.15) is 25.2 Å². The molecule has 0 aromatic carbocycles. The highest BCUT2D eigenvalue weighted by molar-refractivity contribution is 5.78. The quantitative estimate of drug-likeness (QED) is 0.564. The lowest BCUT2D eigenvalue weighted by atomic mass is 10.4. The Morgan fingerprint density at radius 2 is 2.33 bits per heavy atom. The van der Waals surface area contributed by atoms with Gasteiger partial charge in [-0.25, -0.2) is 4.99 Å². The SMILES string of the molecule is Cc1cc(CN=C(N)NC(C)C)n(C)n1. The van der Waals surface area contributed by atoms with Crippen LogP contribution in [0.15, 0.2) is 11.1 Å². The molecule has 0 fully saturated rings. The van der Waals surface area contributed by atoms with Gasteiger partial charge in [-0.15, -0.1) is 0 Å². The molecule has 0 aliphatic heterocycles. The predicted octanol–water partition coefficient (Wildman–Crippen LogP) is 0.541. The molecule has 0 spiro atoms. The van der Waals surface area contributed by atoms with Gasteiger partial charge in [0.15, 0.2) is 5.96 Å². The van der Waals surface area contributed by atoms with Gasteiger partial charge in [0.2, 0.25) is 0 Å². The van der Waals surface area contributed by atoms with Gasteiger partial charge >= 0.3 is 0 Å². The summed E-state index contributed by atoms with van der Waals surface area (Å²) in [5.41, 5.74) is 7.74. The van der Waals surface area contributed by atoms with E-state index in [2.05, 4.69) is 15.4 Å². The van der Waals surface area contributed by atoms with E-state index in [-0.39, 0.29) is 0 Å². The largest absolute Gasteiger partial charge is 0.370 e. The lowest BCUT2D eigenvalue weighted by Gasteiger charge is -2.08. The van der Waals surface area contributed by atoms with E-state index in [9.17, 15) is 0 Å². The summed E-state index contributed by atoms with van der Waals surface area (Å²) < 4.78 is 1.82. The van der Waals surface area contributed by atoms with Crippen LogP contribution in [0.2, 0.25) is 0 Å². The fourth-order valence-electron chi connectivity index (χ4n) is 1.32. The van der Waals surface area contributed by atoms with Crippen molar-refractivity contribution in [1.82, 2.24) is 15.1 Å². The summed E-state index contributed by atoms with van der Waals surface area (Å²) in [6.45, 7) is 6.57. The van der Waals surface area contributed by atoms with Crippen molar-refractivity contribution in [3.8, 4) is 0 Å². The maximum absolute atomic E-state index is 5.69. The number of hydrogen-bond donors (Lipinski definition) is 2. The number of nitrogens with zero attached hydrogens (tertiary/aromatic N) is 3. The normalized spacial score (nSPS) is 12.2. The van der Waals surface area contributed by atoms with Gasteiger partial charge in [-0.2, -0.15) is 5.10 Å². The molecule has 1 aromatic heterocycles. The molecule has 5 nitrogen and oxygen atoms in total. The summed E-state index contributed by atoms with van der Waals surface area (Å²) in [6, 6.07) is 2.31. The molecule has 15 heavy (non-hydrogen) atoms. The third kappa shape index (κ3) is 3.61. The van der Waals surface area contributed by atoms with Gasteiger partial charge in [-0.3, -0.25) is 4.68 Å². The highest BCUT2D eigenvalue weighted by Crippen LogP contribution is 2.02. The van der Waals surface area contributed by atoms with Crippen molar-refractivity contribution in [3.63, 3.8) is 0 Å². The van der Waals surface area contributed by atoms with Gasteiger partial charge in [-0.05, 0) is 26.8 Å². The minimum atomic E-state index is 0.307. The van der Waals surface area contributed by atoms with E-state index in [1.54, 1.807) is 0 Å². The summed E-state index contributed by atoms with van der Waals surface area (Å²) in [6.07, 6.45) is 0. The number of aromatic nitrogens is 2. The second kappa shape index (κ2) is 4.82. The van der Waals surface area contributed by atoms with Gasteiger partial charge < -0.3 is 11.1 Å². The molecule has 3 N–H and O–H groups in total. The molecule has 1 aromatic rings. The molecule has 1 rings (SSSR count). The van der Waals surface area contributed by atoms with Crippen molar-refractivity contribution in [3.05, 3.63) is 17.5 Å². The van der Waals surface area contributed by atoms with Gasteiger partial charge in [0.25, 0.3) is 0 Å². The molecule has 0 unspecified atom stereocenters. The average Bonchev–Trinajstić information content (AvgIpc) is 2.40. The van der Waals surface area contributed by atoms with Crippen molar-refractivity contribution in [2.24, 2.45) is 17.8 Å². The second-order valence-corrected chi connectivity index (χ2v) is 3.90. The number of aryl methyl sites for hydroxylation is 2. The number of hydrogen-bond acceptors (Lipinski definition) is 2. The minimum Gasteiger partial charge on any atom is -0.370 e. The van der Waals surface area contributed by atoms with E-state index in [4.69, 9.17) is 5.73 Å². The third-order valence-corrected chi connectivity index (χ3v) is 1.95. The van der Waals surface area contributed by atoms with Crippen LogP contribution in [-0.4, -0.2) is 21.8 Å². The zero-order chi connectivity index (χ0) is 11.4. The highest BCUT2D eigenvalue weighted by atomic mass is 15.3. The summed E-state index contributed by atoms with van der Waals surface area (Å²) in [7, 11) is 1.91. The highest BCUT2D eigenvalue weighted by Gasteiger charge is 2.01. The Labute approximate surface area is 90.4 Å². The number of aliphatic imine (C=N–C) groups is 1. The lowest BCUT2D eigenvalue weighted by molar-refractivity contribution is 0.696. The van der Waals surface area contributed by atoms with E-state index in [1.165, 1.54) is 0 Å². The molecule has 0 aliphatic rings.